The van der Waals surface area contributed by atoms with Crippen LogP contribution in [0.3, 0.4) is 0 Å². The first kappa shape index (κ1) is 38.3. The second-order valence-corrected chi connectivity index (χ2v) is 12.2. The first-order valence-corrected chi connectivity index (χ1v) is 15.9. The molecule has 3 amide bonds. The fraction of sp³-hybridized carbons (Fsp3) is 0.583. The van der Waals surface area contributed by atoms with E-state index in [0.29, 0.717) is 13.0 Å². The number of carbonyl (C=O) groups is 3. The summed E-state index contributed by atoms with van der Waals surface area (Å²) in [6, 6.07) is 6.90. The van der Waals surface area contributed by atoms with E-state index in [4.69, 9.17) is 19.3 Å². The van der Waals surface area contributed by atoms with Gasteiger partial charge in [-0.2, -0.15) is 0 Å². The predicted molar refractivity (Wildman–Crippen MR) is 176 cm³/mol. The summed E-state index contributed by atoms with van der Waals surface area (Å²) >= 11 is 0. The molecule has 1 saturated carbocycles. The number of rotatable bonds is 18. The minimum Gasteiger partial charge on any atom is -0.389 e. The van der Waals surface area contributed by atoms with Gasteiger partial charge in [0.2, 0.25) is 17.7 Å². The fourth-order valence-electron chi connectivity index (χ4n) is 5.69. The van der Waals surface area contributed by atoms with Crippen LogP contribution < -0.4 is 10.6 Å². The van der Waals surface area contributed by atoms with Crippen LogP contribution in [-0.2, 0) is 20.8 Å². The van der Waals surface area contributed by atoms with Crippen LogP contribution in [0.5, 0.6) is 0 Å². The number of amides is 3. The van der Waals surface area contributed by atoms with E-state index in [1.165, 1.54) is 9.80 Å². The van der Waals surface area contributed by atoms with Gasteiger partial charge in [-0.3, -0.25) is 19.3 Å². The predicted octanol–water partition coefficient (Wildman–Crippen LogP) is 2.12. The summed E-state index contributed by atoms with van der Waals surface area (Å²) in [7, 11) is 3.18. The number of hydrogen-bond donors (Lipinski definition) is 4. The Morgan fingerprint density at radius 1 is 0.978 bits per heavy atom. The maximum Gasteiger partial charge on any atom is 0.245 e. The largest absolute Gasteiger partial charge is 0.389 e. The number of terminal acetylenes is 3. The summed E-state index contributed by atoms with van der Waals surface area (Å²) in [5.74, 6) is 3.67. The van der Waals surface area contributed by atoms with E-state index in [-0.39, 0.29) is 37.6 Å². The maximum absolute atomic E-state index is 13.8. The Balaban J connectivity index is 2.31. The molecule has 0 saturated heterocycles. The molecule has 0 aromatic heterocycles. The van der Waals surface area contributed by atoms with Crippen molar-refractivity contribution >= 4 is 17.7 Å². The molecule has 1 aliphatic carbocycles. The Bertz CT molecular complexity index is 1220. The van der Waals surface area contributed by atoms with E-state index in [1.54, 1.807) is 14.1 Å². The molecular weight excluding hydrogens is 587 g/mol. The molecule has 0 heterocycles. The molecule has 9 nitrogen and oxygen atoms in total. The van der Waals surface area contributed by atoms with Crippen LogP contribution in [0.15, 0.2) is 30.3 Å². The van der Waals surface area contributed by atoms with Crippen LogP contribution in [0.25, 0.3) is 0 Å². The zero-order valence-corrected chi connectivity index (χ0v) is 27.0. The van der Waals surface area contributed by atoms with Gasteiger partial charge in [0.05, 0.1) is 18.1 Å². The topological polar surface area (TPSA) is 122 Å². The molecule has 1 aromatic carbocycles. The number of likely N-dealkylation sites (N-methyl/N-ethyl adjacent to an activating group) is 2. The summed E-state index contributed by atoms with van der Waals surface area (Å²) in [6.07, 6.45) is 19.5. The summed E-state index contributed by atoms with van der Waals surface area (Å²) < 4.78 is 12.9. The number of nitrogens with one attached hydrogen (secondary N) is 2. The normalized spacial score (nSPS) is 16.6. The summed E-state index contributed by atoms with van der Waals surface area (Å²) in [6.45, 7) is -0.0830. The minimum atomic E-state index is -1.38. The van der Waals surface area contributed by atoms with E-state index < -0.39 is 54.7 Å². The Labute approximate surface area is 273 Å². The van der Waals surface area contributed by atoms with Crippen molar-refractivity contribution in [3.8, 4) is 37.0 Å². The smallest absolute Gasteiger partial charge is 0.245 e. The first-order valence-electron chi connectivity index (χ1n) is 15.9. The van der Waals surface area contributed by atoms with Crippen LogP contribution in [-0.4, -0.2) is 96.0 Å². The van der Waals surface area contributed by atoms with Crippen LogP contribution in [0.2, 0.25) is 0 Å². The lowest BCUT2D eigenvalue weighted by molar-refractivity contribution is -0.137. The number of halogens is 1. The fourth-order valence-corrected chi connectivity index (χ4v) is 5.69. The van der Waals surface area contributed by atoms with Gasteiger partial charge in [-0.25, -0.2) is 4.39 Å². The van der Waals surface area contributed by atoms with Crippen LogP contribution >= 0.6 is 0 Å². The van der Waals surface area contributed by atoms with Gasteiger partial charge in [0.15, 0.2) is 0 Å². The van der Waals surface area contributed by atoms with Gasteiger partial charge in [-0.05, 0) is 31.4 Å². The molecule has 0 spiro atoms. The molecule has 2 rings (SSSR count). The number of carbonyl (C=O) groups excluding carboxylic acids is 3. The number of benzene rings is 1. The number of nitrogens with zero attached hydrogens (tertiary/aromatic N) is 2. The SMILES string of the molecule is C#CC[C@H](O)[C@H](O)[C@H](CC1CCCCC1)NC(=O)[C@@H](NC(=O)[C@@H](CC(=O)N(C)CCN(C)CF)Cc1ccccc1)C(C#C)C#C. The van der Waals surface area contributed by atoms with Gasteiger partial charge < -0.3 is 25.7 Å². The second kappa shape index (κ2) is 20.3. The lowest BCUT2D eigenvalue weighted by Gasteiger charge is -2.33. The van der Waals surface area contributed by atoms with Crippen LogP contribution in [0, 0.1) is 54.8 Å². The van der Waals surface area contributed by atoms with Crippen molar-refractivity contribution in [2.24, 2.45) is 17.8 Å². The van der Waals surface area contributed by atoms with Crippen molar-refractivity contribution in [1.82, 2.24) is 20.4 Å². The van der Waals surface area contributed by atoms with Crippen molar-refractivity contribution in [1.29, 1.82) is 0 Å². The molecule has 0 bridgehead atoms. The van der Waals surface area contributed by atoms with Crippen molar-refractivity contribution in [2.75, 3.05) is 34.0 Å². The van der Waals surface area contributed by atoms with Gasteiger partial charge in [0.1, 0.15) is 24.9 Å². The van der Waals surface area contributed by atoms with Crippen molar-refractivity contribution in [3.63, 3.8) is 0 Å². The van der Waals surface area contributed by atoms with Crippen molar-refractivity contribution in [3.05, 3.63) is 35.9 Å². The third kappa shape index (κ3) is 12.5. The van der Waals surface area contributed by atoms with Gasteiger partial charge in [0, 0.05) is 33.0 Å². The highest BCUT2D eigenvalue weighted by atomic mass is 19.1. The molecule has 1 aromatic rings. The Morgan fingerprint density at radius 3 is 2.22 bits per heavy atom. The third-order valence-corrected chi connectivity index (χ3v) is 8.61. The Hall–Kier alpha value is -3.88. The highest BCUT2D eigenvalue weighted by Gasteiger charge is 2.36. The lowest BCUT2D eigenvalue weighted by atomic mass is 9.82. The van der Waals surface area contributed by atoms with Crippen LogP contribution in [0.4, 0.5) is 4.39 Å². The monoisotopic (exact) mass is 636 g/mol. The second-order valence-electron chi connectivity index (χ2n) is 12.2. The molecular formula is C36H49FN4O5. The minimum absolute atomic E-state index is 0.108. The Kier molecular flexibility index (Phi) is 16.9. The van der Waals surface area contributed by atoms with E-state index in [2.05, 4.69) is 28.4 Å². The van der Waals surface area contributed by atoms with Gasteiger partial charge in [0.25, 0.3) is 0 Å². The average molecular weight is 637 g/mol. The molecule has 0 radical (unpaired) electrons. The number of aliphatic hydroxyl groups is 2. The van der Waals surface area contributed by atoms with Crippen molar-refractivity contribution in [2.45, 2.75) is 82.1 Å². The first-order chi connectivity index (χ1) is 22.0. The zero-order chi connectivity index (χ0) is 34.1. The molecule has 46 heavy (non-hydrogen) atoms. The Morgan fingerprint density at radius 2 is 1.63 bits per heavy atom. The zero-order valence-electron chi connectivity index (χ0n) is 27.0. The van der Waals surface area contributed by atoms with Gasteiger partial charge in [-0.15, -0.1) is 25.2 Å². The number of aliphatic hydroxyl groups excluding tert-OH is 2. The van der Waals surface area contributed by atoms with Crippen molar-refractivity contribution < 1.29 is 29.0 Å². The average Bonchev–Trinajstić information content (AvgIpc) is 3.06. The van der Waals surface area contributed by atoms with Gasteiger partial charge >= 0.3 is 0 Å². The summed E-state index contributed by atoms with van der Waals surface area (Å²) in [5.41, 5.74) is 0.805. The van der Waals surface area contributed by atoms with E-state index in [1.807, 2.05) is 30.3 Å². The molecule has 0 unspecified atom stereocenters. The highest BCUT2D eigenvalue weighted by molar-refractivity contribution is 5.91. The summed E-state index contributed by atoms with van der Waals surface area (Å²) in [5, 5.41) is 27.0. The van der Waals surface area contributed by atoms with E-state index in [9.17, 15) is 29.0 Å². The molecule has 1 fully saturated rings. The van der Waals surface area contributed by atoms with E-state index >= 15 is 0 Å². The third-order valence-electron chi connectivity index (χ3n) is 8.61. The molecule has 250 valence electrons. The number of alkyl halides is 1. The molecule has 1 aliphatic rings. The molecule has 10 heteroatoms. The molecule has 4 N–H and O–H groups in total. The molecule has 5 atom stereocenters. The quantitative estimate of drug-likeness (QED) is 0.145. The standard InChI is InChI=1S/C36H49FN4O5/c1-6-15-31(42)34(44)30(23-27-18-13-10-14-19-27)38-36(46)33(28(7-2)8-3)39-35(45)29(22-26-16-11-9-12-17-26)24-32(43)41(5)21-20-40(4)25-37/h1-3,9,11-12,16-17,27-31,33-34,42,44H,10,13-15,18-25H2,4-5H3,(H,38,46)(H,39,45)/t29-,30+,31+,33+,34-/m1/s1. The van der Waals surface area contributed by atoms with E-state index in [0.717, 1.165) is 37.7 Å². The molecule has 0 aliphatic heterocycles. The van der Waals surface area contributed by atoms with Crippen LogP contribution in [0.1, 0.15) is 56.9 Å². The van der Waals surface area contributed by atoms with Gasteiger partial charge in [-0.1, -0.05) is 74.3 Å². The highest BCUT2D eigenvalue weighted by Crippen LogP contribution is 2.29. The number of hydrogen-bond acceptors (Lipinski definition) is 6. The lowest BCUT2D eigenvalue weighted by Crippen LogP contribution is -2.57. The maximum atomic E-state index is 13.8. The summed E-state index contributed by atoms with van der Waals surface area (Å²) in [4.78, 5) is 43.7.